The maximum atomic E-state index is 13.1. The van der Waals surface area contributed by atoms with Crippen LogP contribution in [0.2, 0.25) is 0 Å². The van der Waals surface area contributed by atoms with Gasteiger partial charge in [0, 0.05) is 12.7 Å². The van der Waals surface area contributed by atoms with Crippen molar-refractivity contribution in [3.8, 4) is 5.75 Å². The Morgan fingerprint density at radius 3 is 2.46 bits per heavy atom. The number of hydrogen-bond donors (Lipinski definition) is 2. The number of aromatic nitrogens is 2. The van der Waals surface area contributed by atoms with Crippen LogP contribution in [-0.4, -0.2) is 23.6 Å². The lowest BCUT2D eigenvalue weighted by atomic mass is 10.1. The molecule has 0 radical (unpaired) electrons. The summed E-state index contributed by atoms with van der Waals surface area (Å²) in [4.78, 5) is 8.23. The summed E-state index contributed by atoms with van der Waals surface area (Å²) in [5.74, 6) is 1.41. The third kappa shape index (κ3) is 5.12. The summed E-state index contributed by atoms with van der Waals surface area (Å²) < 4.78 is 44.4. The molecule has 3 aromatic rings. The lowest BCUT2D eigenvalue weighted by Crippen LogP contribution is -2.11. The molecule has 0 aliphatic rings. The molecule has 0 aliphatic carbocycles. The van der Waals surface area contributed by atoms with Crippen molar-refractivity contribution in [3.05, 3.63) is 71.9 Å². The van der Waals surface area contributed by atoms with E-state index in [0.717, 1.165) is 23.8 Å². The number of nitrogens with one attached hydrogen (secondary N) is 2. The van der Waals surface area contributed by atoms with Gasteiger partial charge in [-0.25, -0.2) is 4.98 Å². The lowest BCUT2D eigenvalue weighted by Gasteiger charge is -2.14. The van der Waals surface area contributed by atoms with E-state index in [2.05, 4.69) is 20.6 Å². The van der Waals surface area contributed by atoms with Gasteiger partial charge in [0.2, 0.25) is 5.95 Å². The first-order valence-electron chi connectivity index (χ1n) is 8.59. The van der Waals surface area contributed by atoms with E-state index in [1.54, 1.807) is 13.2 Å². The van der Waals surface area contributed by atoms with Crippen molar-refractivity contribution in [3.63, 3.8) is 0 Å². The fraction of sp³-hybridized carbons (Fsp3) is 0.200. The Morgan fingerprint density at radius 2 is 1.75 bits per heavy atom. The van der Waals surface area contributed by atoms with E-state index in [9.17, 15) is 13.2 Å². The third-order valence-electron chi connectivity index (χ3n) is 4.01. The smallest absolute Gasteiger partial charge is 0.418 e. The third-order valence-corrected chi connectivity index (χ3v) is 4.01. The second-order valence-electron chi connectivity index (χ2n) is 5.96. The van der Waals surface area contributed by atoms with Gasteiger partial charge in [0.1, 0.15) is 11.6 Å². The molecule has 0 saturated heterocycles. The van der Waals surface area contributed by atoms with E-state index < -0.39 is 11.7 Å². The molecule has 0 amide bonds. The standard InChI is InChI=1S/C20H19F3N4O/c1-28-15-8-6-14(7-9-15)10-12-24-18-11-13-25-19(27-18)26-17-5-3-2-4-16(17)20(21,22)23/h2-9,11,13H,10,12H2,1H3,(H2,24,25,26,27). The first-order chi connectivity index (χ1) is 13.5. The highest BCUT2D eigenvalue weighted by atomic mass is 19.4. The highest BCUT2D eigenvalue weighted by molar-refractivity contribution is 5.60. The van der Waals surface area contributed by atoms with E-state index in [1.807, 2.05) is 24.3 Å². The zero-order chi connectivity index (χ0) is 20.0. The Morgan fingerprint density at radius 1 is 1.00 bits per heavy atom. The summed E-state index contributed by atoms with van der Waals surface area (Å²) in [5.41, 5.74) is 0.265. The normalized spacial score (nSPS) is 11.1. The molecule has 2 aromatic carbocycles. The number of hydrogen-bond acceptors (Lipinski definition) is 5. The van der Waals surface area contributed by atoms with Gasteiger partial charge in [0.15, 0.2) is 0 Å². The Bertz CT molecular complexity index is 914. The molecule has 0 aliphatic heterocycles. The van der Waals surface area contributed by atoms with Gasteiger partial charge in [-0.3, -0.25) is 0 Å². The quantitative estimate of drug-likeness (QED) is 0.603. The lowest BCUT2D eigenvalue weighted by molar-refractivity contribution is -0.136. The molecule has 0 spiro atoms. The molecule has 0 saturated carbocycles. The number of methoxy groups -OCH3 is 1. The highest BCUT2D eigenvalue weighted by Crippen LogP contribution is 2.35. The summed E-state index contributed by atoms with van der Waals surface area (Å²) in [6.07, 6.45) is -2.22. The van der Waals surface area contributed by atoms with Gasteiger partial charge in [-0.2, -0.15) is 18.2 Å². The van der Waals surface area contributed by atoms with Crippen LogP contribution in [0.25, 0.3) is 0 Å². The Hall–Kier alpha value is -3.29. The maximum absolute atomic E-state index is 13.1. The predicted molar refractivity (Wildman–Crippen MR) is 102 cm³/mol. The molecule has 146 valence electrons. The molecule has 0 unspecified atom stereocenters. The topological polar surface area (TPSA) is 59.1 Å². The van der Waals surface area contributed by atoms with Gasteiger partial charge in [0.25, 0.3) is 0 Å². The predicted octanol–water partition coefficient (Wildman–Crippen LogP) is 4.90. The summed E-state index contributed by atoms with van der Waals surface area (Å²) in [6, 6.07) is 14.6. The number of benzene rings is 2. The number of alkyl halides is 3. The first-order valence-corrected chi connectivity index (χ1v) is 8.59. The number of rotatable bonds is 7. The highest BCUT2D eigenvalue weighted by Gasteiger charge is 2.33. The molecule has 28 heavy (non-hydrogen) atoms. The van der Waals surface area contributed by atoms with Gasteiger partial charge >= 0.3 is 6.18 Å². The molecule has 8 heteroatoms. The molecular weight excluding hydrogens is 369 g/mol. The zero-order valence-electron chi connectivity index (χ0n) is 15.1. The monoisotopic (exact) mass is 388 g/mol. The van der Waals surface area contributed by atoms with Crippen LogP contribution in [0.4, 0.5) is 30.6 Å². The molecule has 2 N–H and O–H groups in total. The van der Waals surface area contributed by atoms with Crippen LogP contribution < -0.4 is 15.4 Å². The number of para-hydroxylation sites is 1. The molecule has 0 bridgehead atoms. The molecule has 1 heterocycles. The van der Waals surface area contributed by atoms with Crippen LogP contribution >= 0.6 is 0 Å². The van der Waals surface area contributed by atoms with Crippen molar-refractivity contribution in [1.82, 2.24) is 9.97 Å². The molecule has 3 rings (SSSR count). The Labute approximate surface area is 160 Å². The van der Waals surface area contributed by atoms with Crippen LogP contribution in [-0.2, 0) is 12.6 Å². The van der Waals surface area contributed by atoms with Gasteiger partial charge in [0.05, 0.1) is 18.4 Å². The zero-order valence-corrected chi connectivity index (χ0v) is 15.1. The van der Waals surface area contributed by atoms with E-state index in [0.29, 0.717) is 12.4 Å². The summed E-state index contributed by atoms with van der Waals surface area (Å²) in [5, 5.41) is 5.79. The van der Waals surface area contributed by atoms with Crippen molar-refractivity contribution in [2.75, 3.05) is 24.3 Å². The number of ether oxygens (including phenoxy) is 1. The molecule has 5 nitrogen and oxygen atoms in total. The van der Waals surface area contributed by atoms with E-state index >= 15 is 0 Å². The fourth-order valence-electron chi connectivity index (χ4n) is 2.60. The average Bonchev–Trinajstić information content (AvgIpc) is 2.68. The molecular formula is C20H19F3N4O. The Kier molecular flexibility index (Phi) is 5.98. The van der Waals surface area contributed by atoms with Crippen molar-refractivity contribution >= 4 is 17.5 Å². The van der Waals surface area contributed by atoms with Crippen LogP contribution in [0.5, 0.6) is 5.75 Å². The van der Waals surface area contributed by atoms with Gasteiger partial charge in [-0.15, -0.1) is 0 Å². The van der Waals surface area contributed by atoms with Crippen LogP contribution in [0.15, 0.2) is 60.8 Å². The van der Waals surface area contributed by atoms with Gasteiger partial charge < -0.3 is 15.4 Å². The van der Waals surface area contributed by atoms with Crippen molar-refractivity contribution in [2.45, 2.75) is 12.6 Å². The average molecular weight is 388 g/mol. The second kappa shape index (κ2) is 8.60. The minimum Gasteiger partial charge on any atom is -0.497 e. The number of anilines is 3. The van der Waals surface area contributed by atoms with Gasteiger partial charge in [-0.1, -0.05) is 24.3 Å². The van der Waals surface area contributed by atoms with E-state index in [1.165, 1.54) is 24.4 Å². The number of nitrogens with zero attached hydrogens (tertiary/aromatic N) is 2. The van der Waals surface area contributed by atoms with Crippen LogP contribution in [0, 0.1) is 0 Å². The first kappa shape index (κ1) is 19.5. The van der Waals surface area contributed by atoms with Crippen LogP contribution in [0.3, 0.4) is 0 Å². The molecule has 0 atom stereocenters. The summed E-state index contributed by atoms with van der Waals surface area (Å²) in [6.45, 7) is 0.613. The fourth-order valence-corrected chi connectivity index (χ4v) is 2.60. The Balaban J connectivity index is 1.63. The maximum Gasteiger partial charge on any atom is 0.418 e. The van der Waals surface area contributed by atoms with Gasteiger partial charge in [-0.05, 0) is 42.3 Å². The molecule has 0 fully saturated rings. The van der Waals surface area contributed by atoms with Crippen LogP contribution in [0.1, 0.15) is 11.1 Å². The second-order valence-corrected chi connectivity index (χ2v) is 5.96. The van der Waals surface area contributed by atoms with Crippen molar-refractivity contribution in [2.24, 2.45) is 0 Å². The van der Waals surface area contributed by atoms with Crippen molar-refractivity contribution in [1.29, 1.82) is 0 Å². The SMILES string of the molecule is COc1ccc(CCNc2ccnc(Nc3ccccc3C(F)(F)F)n2)cc1. The number of halogens is 3. The summed E-state index contributed by atoms with van der Waals surface area (Å²) in [7, 11) is 1.62. The van der Waals surface area contributed by atoms with E-state index in [4.69, 9.17) is 4.74 Å². The summed E-state index contributed by atoms with van der Waals surface area (Å²) >= 11 is 0. The minimum absolute atomic E-state index is 0.0890. The molecule has 1 aromatic heterocycles. The minimum atomic E-state index is -4.46. The largest absolute Gasteiger partial charge is 0.497 e. The van der Waals surface area contributed by atoms with Crippen molar-refractivity contribution < 1.29 is 17.9 Å². The van der Waals surface area contributed by atoms with E-state index in [-0.39, 0.29) is 11.6 Å².